The second-order valence-electron chi connectivity index (χ2n) is 4.56. The summed E-state index contributed by atoms with van der Waals surface area (Å²) in [6, 6.07) is 2.44. The third-order valence-electron chi connectivity index (χ3n) is 3.20. The van der Waals surface area contributed by atoms with E-state index >= 15 is 0 Å². The van der Waals surface area contributed by atoms with Gasteiger partial charge in [-0.25, -0.2) is 4.98 Å². The summed E-state index contributed by atoms with van der Waals surface area (Å²) < 4.78 is 6.00. The number of ether oxygens (including phenoxy) is 1. The predicted octanol–water partition coefficient (Wildman–Crippen LogP) is 1.79. The molecular formula is C11H13ClN2O. The quantitative estimate of drug-likeness (QED) is 0.683. The maximum Gasteiger partial charge on any atom is 0.141 e. The minimum atomic E-state index is -0.0475. The van der Waals surface area contributed by atoms with Crippen molar-refractivity contribution in [1.29, 1.82) is 0 Å². The predicted molar refractivity (Wildman–Crippen MR) is 58.4 cm³/mol. The first-order chi connectivity index (χ1) is 7.17. The van der Waals surface area contributed by atoms with Gasteiger partial charge in [0.05, 0.1) is 6.20 Å². The Balaban J connectivity index is 1.92. The van der Waals surface area contributed by atoms with E-state index in [-0.39, 0.29) is 5.60 Å². The Hall–Kier alpha value is -0.800. The van der Waals surface area contributed by atoms with Crippen molar-refractivity contribution in [3.63, 3.8) is 0 Å². The molecule has 1 fully saturated rings. The maximum absolute atomic E-state index is 6.00. The van der Waals surface area contributed by atoms with Gasteiger partial charge < -0.3 is 10.1 Å². The highest BCUT2D eigenvalue weighted by Gasteiger charge is 2.44. The maximum atomic E-state index is 6.00. The van der Waals surface area contributed by atoms with Gasteiger partial charge in [0.1, 0.15) is 16.5 Å². The Bertz CT molecular complexity index is 410. The molecule has 2 aliphatic heterocycles. The van der Waals surface area contributed by atoms with E-state index in [0.29, 0.717) is 11.2 Å². The molecule has 1 spiro atoms. The Morgan fingerprint density at radius 3 is 3.27 bits per heavy atom. The molecule has 15 heavy (non-hydrogen) atoms. The normalized spacial score (nSPS) is 33.1. The van der Waals surface area contributed by atoms with Crippen LogP contribution in [0.15, 0.2) is 12.3 Å². The van der Waals surface area contributed by atoms with E-state index in [1.54, 1.807) is 6.20 Å². The summed E-state index contributed by atoms with van der Waals surface area (Å²) in [7, 11) is 0. The number of hydrogen-bond donors (Lipinski definition) is 1. The zero-order chi connectivity index (χ0) is 10.5. The molecule has 1 aromatic heterocycles. The van der Waals surface area contributed by atoms with E-state index in [0.717, 1.165) is 25.1 Å². The van der Waals surface area contributed by atoms with E-state index in [1.165, 1.54) is 5.56 Å². The van der Waals surface area contributed by atoms with E-state index in [1.807, 2.05) is 6.07 Å². The van der Waals surface area contributed by atoms with Crippen molar-refractivity contribution in [2.24, 2.45) is 0 Å². The summed E-state index contributed by atoms with van der Waals surface area (Å²) in [5.74, 6) is 0.898. The van der Waals surface area contributed by atoms with Crippen molar-refractivity contribution in [3.8, 4) is 5.75 Å². The van der Waals surface area contributed by atoms with Gasteiger partial charge in [-0.3, -0.25) is 0 Å². The van der Waals surface area contributed by atoms with Crippen molar-refractivity contribution < 1.29 is 4.74 Å². The molecule has 2 aliphatic rings. The Labute approximate surface area is 93.8 Å². The number of fused-ring (bicyclic) bond motifs is 1. The van der Waals surface area contributed by atoms with E-state index < -0.39 is 0 Å². The fourth-order valence-electron chi connectivity index (χ4n) is 2.58. The molecule has 0 aliphatic carbocycles. The zero-order valence-electron chi connectivity index (χ0n) is 8.59. The Morgan fingerprint density at radius 2 is 2.53 bits per heavy atom. The number of nitrogens with zero attached hydrogens (tertiary/aromatic N) is 1. The number of nitrogens with one attached hydrogen (secondary N) is 1. The summed E-state index contributed by atoms with van der Waals surface area (Å²) in [6.45, 7) is 3.10. The van der Waals surface area contributed by atoms with Gasteiger partial charge in [-0.2, -0.15) is 0 Å². The minimum Gasteiger partial charge on any atom is -0.484 e. The molecule has 4 heteroatoms. The third-order valence-corrected chi connectivity index (χ3v) is 3.41. The highest BCUT2D eigenvalue weighted by Crippen LogP contribution is 2.39. The highest BCUT2D eigenvalue weighted by atomic mass is 35.5. The summed E-state index contributed by atoms with van der Waals surface area (Å²) in [5.41, 5.74) is 1.14. The molecule has 2 unspecified atom stereocenters. The van der Waals surface area contributed by atoms with Crippen LogP contribution >= 0.6 is 11.6 Å². The smallest absolute Gasteiger partial charge is 0.141 e. The molecule has 1 N–H and O–H groups in total. The summed E-state index contributed by atoms with van der Waals surface area (Å²) in [5, 5.41) is 3.97. The molecule has 0 aromatic carbocycles. The second-order valence-corrected chi connectivity index (χ2v) is 4.95. The first-order valence-electron chi connectivity index (χ1n) is 5.24. The van der Waals surface area contributed by atoms with Gasteiger partial charge in [0, 0.05) is 31.0 Å². The highest BCUT2D eigenvalue weighted by molar-refractivity contribution is 6.29. The van der Waals surface area contributed by atoms with E-state index in [4.69, 9.17) is 16.3 Å². The lowest BCUT2D eigenvalue weighted by molar-refractivity contribution is 0.115. The van der Waals surface area contributed by atoms with Crippen molar-refractivity contribution >= 4 is 11.6 Å². The number of rotatable bonds is 0. The van der Waals surface area contributed by atoms with Gasteiger partial charge in [0.15, 0.2) is 0 Å². The molecule has 1 saturated heterocycles. The Kier molecular flexibility index (Phi) is 1.94. The van der Waals surface area contributed by atoms with Crippen LogP contribution in [0.2, 0.25) is 5.15 Å². The van der Waals surface area contributed by atoms with Crippen molar-refractivity contribution in [2.45, 2.75) is 31.4 Å². The summed E-state index contributed by atoms with van der Waals surface area (Å²) >= 11 is 5.86. The van der Waals surface area contributed by atoms with Crippen molar-refractivity contribution in [3.05, 3.63) is 23.0 Å². The summed E-state index contributed by atoms with van der Waals surface area (Å²) in [6.07, 6.45) is 3.73. The lowest BCUT2D eigenvalue weighted by Crippen LogP contribution is -2.36. The average molecular weight is 225 g/mol. The largest absolute Gasteiger partial charge is 0.484 e. The number of halogens is 1. The first-order valence-corrected chi connectivity index (χ1v) is 5.62. The number of hydrogen-bond acceptors (Lipinski definition) is 3. The van der Waals surface area contributed by atoms with Gasteiger partial charge in [-0.05, 0) is 13.0 Å². The van der Waals surface area contributed by atoms with Crippen molar-refractivity contribution in [1.82, 2.24) is 10.3 Å². The van der Waals surface area contributed by atoms with Crippen LogP contribution in [0.3, 0.4) is 0 Å². The first kappa shape index (κ1) is 9.43. The molecule has 0 bridgehead atoms. The van der Waals surface area contributed by atoms with Crippen LogP contribution in [-0.2, 0) is 6.42 Å². The van der Waals surface area contributed by atoms with Crippen LogP contribution < -0.4 is 10.1 Å². The van der Waals surface area contributed by atoms with Crippen LogP contribution in [0.5, 0.6) is 5.75 Å². The van der Waals surface area contributed by atoms with Gasteiger partial charge in [0.25, 0.3) is 0 Å². The van der Waals surface area contributed by atoms with Crippen LogP contribution in [0.4, 0.5) is 0 Å². The fourth-order valence-corrected chi connectivity index (χ4v) is 2.76. The van der Waals surface area contributed by atoms with Crippen LogP contribution in [0.25, 0.3) is 0 Å². The molecule has 80 valence electrons. The molecular weight excluding hydrogens is 212 g/mol. The summed E-state index contributed by atoms with van der Waals surface area (Å²) in [4.78, 5) is 4.04. The zero-order valence-corrected chi connectivity index (χ0v) is 9.34. The van der Waals surface area contributed by atoms with Gasteiger partial charge >= 0.3 is 0 Å². The fraction of sp³-hybridized carbons (Fsp3) is 0.545. The van der Waals surface area contributed by atoms with E-state index in [9.17, 15) is 0 Å². The average Bonchev–Trinajstić information content (AvgIpc) is 2.69. The second kappa shape index (κ2) is 3.09. The van der Waals surface area contributed by atoms with E-state index in [2.05, 4.69) is 17.2 Å². The monoisotopic (exact) mass is 224 g/mol. The SMILES string of the molecule is CC1CC2(CN1)Cc1cc(Cl)ncc1O2. The third kappa shape index (κ3) is 1.50. The Morgan fingerprint density at radius 1 is 1.67 bits per heavy atom. The lowest BCUT2D eigenvalue weighted by atomic mass is 9.95. The van der Waals surface area contributed by atoms with Crippen LogP contribution in [0, 0.1) is 0 Å². The van der Waals surface area contributed by atoms with Gasteiger partial charge in [-0.15, -0.1) is 0 Å². The topological polar surface area (TPSA) is 34.2 Å². The number of aromatic nitrogens is 1. The minimum absolute atomic E-state index is 0.0475. The molecule has 0 saturated carbocycles. The standard InChI is InChI=1S/C11H13ClN2O/c1-7-3-11(6-14-7)4-8-2-10(12)13-5-9(8)15-11/h2,5,7,14H,3-4,6H2,1H3. The molecule has 0 amide bonds. The lowest BCUT2D eigenvalue weighted by Gasteiger charge is -2.21. The van der Waals surface area contributed by atoms with Crippen LogP contribution in [-0.4, -0.2) is 23.2 Å². The van der Waals surface area contributed by atoms with Gasteiger partial charge in [0.2, 0.25) is 0 Å². The van der Waals surface area contributed by atoms with Gasteiger partial charge in [-0.1, -0.05) is 11.6 Å². The molecule has 3 heterocycles. The molecule has 0 radical (unpaired) electrons. The molecule has 1 aromatic rings. The number of pyridine rings is 1. The molecule has 3 rings (SSSR count). The molecule has 2 atom stereocenters. The van der Waals surface area contributed by atoms with Crippen LogP contribution in [0.1, 0.15) is 18.9 Å². The molecule has 3 nitrogen and oxygen atoms in total. The van der Waals surface area contributed by atoms with Crippen molar-refractivity contribution in [2.75, 3.05) is 6.54 Å².